The van der Waals surface area contributed by atoms with Crippen LogP contribution in [-0.2, 0) is 6.54 Å². The Bertz CT molecular complexity index is 530. The van der Waals surface area contributed by atoms with E-state index in [1.165, 1.54) is 6.07 Å². The SMILES string of the molecule is CCCNCc1nnc(-c2cccc(F)c2Cl)o1. The summed E-state index contributed by atoms with van der Waals surface area (Å²) in [6.07, 6.45) is 1.02. The number of benzene rings is 1. The van der Waals surface area contributed by atoms with Gasteiger partial charge < -0.3 is 9.73 Å². The van der Waals surface area contributed by atoms with Gasteiger partial charge in [0.05, 0.1) is 17.1 Å². The summed E-state index contributed by atoms with van der Waals surface area (Å²) in [6, 6.07) is 4.48. The van der Waals surface area contributed by atoms with Crippen LogP contribution in [0.25, 0.3) is 11.5 Å². The molecule has 96 valence electrons. The largest absolute Gasteiger partial charge is 0.419 e. The molecule has 18 heavy (non-hydrogen) atoms. The Kier molecular flexibility index (Phi) is 4.28. The van der Waals surface area contributed by atoms with Crippen molar-refractivity contribution in [3.63, 3.8) is 0 Å². The van der Waals surface area contributed by atoms with Crippen LogP contribution < -0.4 is 5.32 Å². The number of halogens is 2. The third kappa shape index (κ3) is 2.86. The molecule has 6 heteroatoms. The number of nitrogens with zero attached hydrogens (tertiary/aromatic N) is 2. The van der Waals surface area contributed by atoms with E-state index in [1.807, 2.05) is 0 Å². The lowest BCUT2D eigenvalue weighted by molar-refractivity contribution is 0.477. The van der Waals surface area contributed by atoms with Crippen molar-refractivity contribution in [2.45, 2.75) is 19.9 Å². The number of hydrogen-bond acceptors (Lipinski definition) is 4. The predicted molar refractivity (Wildman–Crippen MR) is 66.7 cm³/mol. The average Bonchev–Trinajstić information content (AvgIpc) is 2.82. The first-order valence-corrected chi connectivity index (χ1v) is 6.07. The summed E-state index contributed by atoms with van der Waals surface area (Å²) in [5.74, 6) is 0.185. The lowest BCUT2D eigenvalue weighted by Crippen LogP contribution is -2.13. The second-order valence-electron chi connectivity index (χ2n) is 3.78. The maximum absolute atomic E-state index is 13.3. The molecule has 1 aromatic heterocycles. The topological polar surface area (TPSA) is 51.0 Å². The van der Waals surface area contributed by atoms with Crippen molar-refractivity contribution in [2.24, 2.45) is 0 Å². The summed E-state index contributed by atoms with van der Waals surface area (Å²) in [6.45, 7) is 3.44. The van der Waals surface area contributed by atoms with E-state index < -0.39 is 5.82 Å². The zero-order valence-electron chi connectivity index (χ0n) is 9.91. The Balaban J connectivity index is 2.16. The molecule has 4 nitrogen and oxygen atoms in total. The van der Waals surface area contributed by atoms with Crippen LogP contribution >= 0.6 is 11.6 Å². The molecule has 0 aliphatic rings. The van der Waals surface area contributed by atoms with Crippen LogP contribution in [-0.4, -0.2) is 16.7 Å². The van der Waals surface area contributed by atoms with E-state index in [4.69, 9.17) is 16.0 Å². The van der Waals surface area contributed by atoms with E-state index in [9.17, 15) is 4.39 Å². The lowest BCUT2D eigenvalue weighted by Gasteiger charge is -1.99. The summed E-state index contributed by atoms with van der Waals surface area (Å²) in [5.41, 5.74) is 0.408. The number of nitrogens with one attached hydrogen (secondary N) is 1. The van der Waals surface area contributed by atoms with E-state index in [-0.39, 0.29) is 10.9 Å². The third-order valence-electron chi connectivity index (χ3n) is 2.35. The first-order valence-electron chi connectivity index (χ1n) is 5.70. The van der Waals surface area contributed by atoms with Crippen LogP contribution in [0.3, 0.4) is 0 Å². The molecule has 0 saturated heterocycles. The smallest absolute Gasteiger partial charge is 0.249 e. The minimum Gasteiger partial charge on any atom is -0.419 e. The zero-order chi connectivity index (χ0) is 13.0. The highest BCUT2D eigenvalue weighted by molar-refractivity contribution is 6.33. The molecule has 1 aromatic carbocycles. The fourth-order valence-corrected chi connectivity index (χ4v) is 1.68. The van der Waals surface area contributed by atoms with Gasteiger partial charge in [-0.3, -0.25) is 0 Å². The van der Waals surface area contributed by atoms with Crippen LogP contribution in [0.2, 0.25) is 5.02 Å². The molecule has 1 N–H and O–H groups in total. The molecule has 2 rings (SSSR count). The predicted octanol–water partition coefficient (Wildman–Crippen LogP) is 3.03. The monoisotopic (exact) mass is 269 g/mol. The van der Waals surface area contributed by atoms with E-state index in [1.54, 1.807) is 12.1 Å². The Morgan fingerprint density at radius 1 is 1.39 bits per heavy atom. The van der Waals surface area contributed by atoms with Gasteiger partial charge in [-0.1, -0.05) is 24.6 Å². The number of aromatic nitrogens is 2. The van der Waals surface area contributed by atoms with Crippen molar-refractivity contribution in [2.75, 3.05) is 6.54 Å². The average molecular weight is 270 g/mol. The van der Waals surface area contributed by atoms with Gasteiger partial charge >= 0.3 is 0 Å². The molecule has 0 fully saturated rings. The van der Waals surface area contributed by atoms with Crippen molar-refractivity contribution in [3.8, 4) is 11.5 Å². The van der Waals surface area contributed by atoms with Crippen molar-refractivity contribution >= 4 is 11.6 Å². The van der Waals surface area contributed by atoms with Crippen LogP contribution in [0.4, 0.5) is 4.39 Å². The Morgan fingerprint density at radius 3 is 3.00 bits per heavy atom. The van der Waals surface area contributed by atoms with E-state index >= 15 is 0 Å². The van der Waals surface area contributed by atoms with Crippen molar-refractivity contribution in [3.05, 3.63) is 34.9 Å². The molecule has 0 amide bonds. The summed E-state index contributed by atoms with van der Waals surface area (Å²) >= 11 is 5.85. The van der Waals surface area contributed by atoms with Gasteiger partial charge in [-0.25, -0.2) is 4.39 Å². The fraction of sp³-hybridized carbons (Fsp3) is 0.333. The molecular formula is C12H13ClFN3O. The summed E-state index contributed by atoms with van der Waals surface area (Å²) in [5, 5.41) is 10.9. The molecule has 2 aromatic rings. The fourth-order valence-electron chi connectivity index (χ4n) is 1.47. The summed E-state index contributed by atoms with van der Waals surface area (Å²) in [4.78, 5) is 0. The maximum Gasteiger partial charge on any atom is 0.249 e. The normalized spacial score (nSPS) is 10.8. The highest BCUT2D eigenvalue weighted by Crippen LogP contribution is 2.28. The minimum atomic E-state index is -0.502. The van der Waals surface area contributed by atoms with Crippen LogP contribution in [0.5, 0.6) is 0 Å². The van der Waals surface area contributed by atoms with E-state index in [2.05, 4.69) is 22.4 Å². The van der Waals surface area contributed by atoms with Crippen LogP contribution in [0.15, 0.2) is 22.6 Å². The van der Waals surface area contributed by atoms with Crippen molar-refractivity contribution in [1.82, 2.24) is 15.5 Å². The van der Waals surface area contributed by atoms with Crippen LogP contribution in [0, 0.1) is 5.82 Å². The second kappa shape index (κ2) is 5.93. The molecule has 0 radical (unpaired) electrons. The van der Waals surface area contributed by atoms with E-state index in [0.29, 0.717) is 18.0 Å². The van der Waals surface area contributed by atoms with Gasteiger partial charge in [0.2, 0.25) is 11.8 Å². The van der Waals surface area contributed by atoms with Crippen molar-refractivity contribution in [1.29, 1.82) is 0 Å². The first-order chi connectivity index (χ1) is 8.72. The molecule has 0 atom stereocenters. The van der Waals surface area contributed by atoms with Gasteiger partial charge in [0, 0.05) is 0 Å². The second-order valence-corrected chi connectivity index (χ2v) is 4.16. The molecule has 0 spiro atoms. The quantitative estimate of drug-likeness (QED) is 0.848. The molecule has 0 unspecified atom stereocenters. The molecule has 1 heterocycles. The van der Waals surface area contributed by atoms with Gasteiger partial charge in [0.1, 0.15) is 5.82 Å². The molecule has 0 saturated carbocycles. The van der Waals surface area contributed by atoms with Gasteiger partial charge in [-0.2, -0.15) is 0 Å². The minimum absolute atomic E-state index is 0.00535. The third-order valence-corrected chi connectivity index (χ3v) is 2.74. The molecule has 0 aliphatic heterocycles. The van der Waals surface area contributed by atoms with Gasteiger partial charge in [0.25, 0.3) is 0 Å². The van der Waals surface area contributed by atoms with Gasteiger partial charge in [-0.05, 0) is 25.1 Å². The van der Waals surface area contributed by atoms with Crippen molar-refractivity contribution < 1.29 is 8.81 Å². The Hall–Kier alpha value is -1.46. The van der Waals surface area contributed by atoms with Gasteiger partial charge in [-0.15, -0.1) is 10.2 Å². The van der Waals surface area contributed by atoms with Gasteiger partial charge in [0.15, 0.2) is 0 Å². The van der Waals surface area contributed by atoms with E-state index in [0.717, 1.165) is 13.0 Å². The summed E-state index contributed by atoms with van der Waals surface area (Å²) in [7, 11) is 0. The summed E-state index contributed by atoms with van der Waals surface area (Å²) < 4.78 is 18.7. The standard InChI is InChI=1S/C12H13ClFN3O/c1-2-6-15-7-10-16-17-12(18-10)8-4-3-5-9(14)11(8)13/h3-5,15H,2,6-7H2,1H3. The maximum atomic E-state index is 13.3. The first kappa shape index (κ1) is 13.0. The molecule has 0 bridgehead atoms. The van der Waals surface area contributed by atoms with Crippen LogP contribution in [0.1, 0.15) is 19.2 Å². The Morgan fingerprint density at radius 2 is 2.22 bits per heavy atom. The molecular weight excluding hydrogens is 257 g/mol. The molecule has 0 aliphatic carbocycles. The number of rotatable bonds is 5. The Labute approximate surface area is 109 Å². The highest BCUT2D eigenvalue weighted by atomic mass is 35.5. The lowest BCUT2D eigenvalue weighted by atomic mass is 10.2. The number of hydrogen-bond donors (Lipinski definition) is 1. The zero-order valence-corrected chi connectivity index (χ0v) is 10.7. The highest BCUT2D eigenvalue weighted by Gasteiger charge is 2.14.